The topological polar surface area (TPSA) is 51.2 Å². The summed E-state index contributed by atoms with van der Waals surface area (Å²) in [7, 11) is 1.42. The van der Waals surface area contributed by atoms with Crippen LogP contribution in [-0.4, -0.2) is 24.1 Å². The fraction of sp³-hybridized carbons (Fsp3) is 0.571. The highest BCUT2D eigenvalue weighted by atomic mass is 16.5. The molecule has 0 aliphatic heterocycles. The molecule has 0 saturated heterocycles. The van der Waals surface area contributed by atoms with Crippen molar-refractivity contribution in [2.45, 2.75) is 39.8 Å². The summed E-state index contributed by atoms with van der Waals surface area (Å²) < 4.78 is 4.80. The van der Waals surface area contributed by atoms with E-state index >= 15 is 0 Å². The first-order valence-electron chi connectivity index (χ1n) is 6.26. The van der Waals surface area contributed by atoms with Gasteiger partial charge in [0.15, 0.2) is 0 Å². The van der Waals surface area contributed by atoms with Gasteiger partial charge in [0.05, 0.1) is 12.8 Å². The van der Waals surface area contributed by atoms with Crippen LogP contribution in [0.2, 0.25) is 0 Å². The quantitative estimate of drug-likeness (QED) is 0.785. The Kier molecular flexibility index (Phi) is 5.78. The van der Waals surface area contributed by atoms with Gasteiger partial charge in [-0.1, -0.05) is 19.9 Å². The zero-order valence-corrected chi connectivity index (χ0v) is 11.6. The third-order valence-corrected chi connectivity index (χ3v) is 2.67. The maximum atomic E-state index is 11.6. The number of ether oxygens (including phenoxy) is 1. The number of hydrogen-bond acceptors (Lipinski definition) is 4. The smallest absolute Gasteiger partial charge is 0.322 e. The first kappa shape index (κ1) is 14.6. The molecule has 100 valence electrons. The van der Waals surface area contributed by atoms with E-state index in [9.17, 15) is 4.79 Å². The Labute approximate surface area is 109 Å². The summed E-state index contributed by atoms with van der Waals surface area (Å²) >= 11 is 0. The number of methoxy groups -OCH3 is 1. The van der Waals surface area contributed by atoms with Crippen molar-refractivity contribution >= 4 is 5.97 Å². The molecule has 0 spiro atoms. The number of pyridine rings is 1. The van der Waals surface area contributed by atoms with Crippen LogP contribution < -0.4 is 5.32 Å². The van der Waals surface area contributed by atoms with Crippen LogP contribution in [0.25, 0.3) is 0 Å². The molecule has 1 atom stereocenters. The van der Waals surface area contributed by atoms with Gasteiger partial charge in [0, 0.05) is 12.2 Å². The zero-order chi connectivity index (χ0) is 13.5. The van der Waals surface area contributed by atoms with Gasteiger partial charge >= 0.3 is 5.97 Å². The number of nitrogens with one attached hydrogen (secondary N) is 1. The van der Waals surface area contributed by atoms with Crippen molar-refractivity contribution in [2.24, 2.45) is 5.92 Å². The van der Waals surface area contributed by atoms with Gasteiger partial charge < -0.3 is 4.74 Å². The summed E-state index contributed by atoms with van der Waals surface area (Å²) in [5.74, 6) is 0.225. The lowest BCUT2D eigenvalue weighted by molar-refractivity contribution is -0.143. The van der Waals surface area contributed by atoms with Crippen molar-refractivity contribution in [3.63, 3.8) is 0 Å². The summed E-state index contributed by atoms with van der Waals surface area (Å²) in [6.07, 6.45) is 0.762. The molecule has 1 unspecified atom stereocenters. The van der Waals surface area contributed by atoms with Crippen LogP contribution in [0, 0.1) is 12.8 Å². The van der Waals surface area contributed by atoms with Crippen molar-refractivity contribution in [1.29, 1.82) is 0 Å². The molecule has 0 bridgehead atoms. The first-order valence-corrected chi connectivity index (χ1v) is 6.26. The monoisotopic (exact) mass is 250 g/mol. The van der Waals surface area contributed by atoms with Crippen molar-refractivity contribution < 1.29 is 9.53 Å². The number of esters is 1. The molecule has 1 aromatic heterocycles. The number of carbonyl (C=O) groups excluding carboxylic acids is 1. The van der Waals surface area contributed by atoms with Crippen LogP contribution in [0.1, 0.15) is 31.7 Å². The van der Waals surface area contributed by atoms with Gasteiger partial charge in [-0.05, 0) is 31.4 Å². The highest BCUT2D eigenvalue weighted by molar-refractivity contribution is 5.75. The number of hydrogen-bond donors (Lipinski definition) is 1. The molecular formula is C14H22N2O2. The summed E-state index contributed by atoms with van der Waals surface area (Å²) in [4.78, 5) is 16.0. The molecule has 0 aliphatic rings. The Morgan fingerprint density at radius 3 is 2.72 bits per heavy atom. The van der Waals surface area contributed by atoms with E-state index < -0.39 is 0 Å². The van der Waals surface area contributed by atoms with Crippen LogP contribution in [0.15, 0.2) is 18.2 Å². The minimum Gasteiger partial charge on any atom is -0.468 e. The van der Waals surface area contributed by atoms with E-state index in [1.54, 1.807) is 0 Å². The molecule has 0 amide bonds. The summed E-state index contributed by atoms with van der Waals surface area (Å²) in [6.45, 7) is 6.70. The van der Waals surface area contributed by atoms with Gasteiger partial charge in [-0.3, -0.25) is 15.1 Å². The van der Waals surface area contributed by atoms with Crippen LogP contribution in [0.4, 0.5) is 0 Å². The number of rotatable bonds is 6. The predicted molar refractivity (Wildman–Crippen MR) is 71.1 cm³/mol. The molecule has 1 heterocycles. The van der Waals surface area contributed by atoms with E-state index in [0.29, 0.717) is 12.5 Å². The molecular weight excluding hydrogens is 228 g/mol. The number of aromatic nitrogens is 1. The lowest BCUT2D eigenvalue weighted by Gasteiger charge is -2.18. The second-order valence-corrected chi connectivity index (χ2v) is 4.86. The first-order chi connectivity index (χ1) is 8.52. The zero-order valence-electron chi connectivity index (χ0n) is 11.6. The molecule has 1 aromatic rings. The Hall–Kier alpha value is -1.42. The molecule has 0 radical (unpaired) electrons. The normalized spacial score (nSPS) is 12.5. The van der Waals surface area contributed by atoms with Crippen LogP contribution in [0.5, 0.6) is 0 Å². The maximum absolute atomic E-state index is 11.6. The molecule has 4 heteroatoms. The lowest BCUT2D eigenvalue weighted by atomic mass is 10.0. The molecule has 1 rings (SSSR count). The standard InChI is InChI=1S/C14H22N2O2/c1-10(2)8-13(14(17)18-4)15-9-12-7-5-6-11(3)16-12/h5-7,10,13,15H,8-9H2,1-4H3. The second-order valence-electron chi connectivity index (χ2n) is 4.86. The largest absolute Gasteiger partial charge is 0.468 e. The Morgan fingerprint density at radius 2 is 2.17 bits per heavy atom. The Bertz CT molecular complexity index is 391. The van der Waals surface area contributed by atoms with Crippen molar-refractivity contribution in [3.05, 3.63) is 29.6 Å². The van der Waals surface area contributed by atoms with Crippen molar-refractivity contribution in [2.75, 3.05) is 7.11 Å². The highest BCUT2D eigenvalue weighted by Gasteiger charge is 2.19. The third kappa shape index (κ3) is 4.84. The average molecular weight is 250 g/mol. The van der Waals surface area contributed by atoms with Gasteiger partial charge in [-0.25, -0.2) is 0 Å². The summed E-state index contributed by atoms with van der Waals surface area (Å²) in [6, 6.07) is 5.60. The minimum atomic E-state index is -0.266. The second kappa shape index (κ2) is 7.11. The molecule has 0 aliphatic carbocycles. The SMILES string of the molecule is COC(=O)C(CC(C)C)NCc1cccc(C)n1. The van der Waals surface area contributed by atoms with E-state index in [1.807, 2.05) is 25.1 Å². The van der Waals surface area contributed by atoms with Gasteiger partial charge in [0.25, 0.3) is 0 Å². The predicted octanol–water partition coefficient (Wildman–Crippen LogP) is 2.07. The maximum Gasteiger partial charge on any atom is 0.322 e. The van der Waals surface area contributed by atoms with E-state index in [4.69, 9.17) is 4.74 Å². The fourth-order valence-corrected chi connectivity index (χ4v) is 1.80. The van der Waals surface area contributed by atoms with Gasteiger partial charge in [0.2, 0.25) is 0 Å². The van der Waals surface area contributed by atoms with Gasteiger partial charge in [0.1, 0.15) is 6.04 Å². The fourth-order valence-electron chi connectivity index (χ4n) is 1.80. The molecule has 1 N–H and O–H groups in total. The summed E-state index contributed by atoms with van der Waals surface area (Å²) in [5, 5.41) is 3.21. The molecule has 0 aromatic carbocycles. The molecule has 0 fully saturated rings. The summed E-state index contributed by atoms with van der Waals surface area (Å²) in [5.41, 5.74) is 1.92. The molecule has 0 saturated carbocycles. The number of aryl methyl sites for hydroxylation is 1. The Balaban J connectivity index is 2.58. The van der Waals surface area contributed by atoms with E-state index in [1.165, 1.54) is 7.11 Å². The van der Waals surface area contributed by atoms with E-state index in [2.05, 4.69) is 24.1 Å². The Morgan fingerprint density at radius 1 is 1.44 bits per heavy atom. The van der Waals surface area contributed by atoms with Crippen LogP contribution >= 0.6 is 0 Å². The lowest BCUT2D eigenvalue weighted by Crippen LogP contribution is -2.38. The third-order valence-electron chi connectivity index (χ3n) is 2.67. The van der Waals surface area contributed by atoms with E-state index in [0.717, 1.165) is 17.8 Å². The average Bonchev–Trinajstić information content (AvgIpc) is 2.33. The van der Waals surface area contributed by atoms with Gasteiger partial charge in [-0.15, -0.1) is 0 Å². The number of nitrogens with zero attached hydrogens (tertiary/aromatic N) is 1. The molecule has 4 nitrogen and oxygen atoms in total. The highest BCUT2D eigenvalue weighted by Crippen LogP contribution is 2.07. The minimum absolute atomic E-state index is 0.212. The number of carbonyl (C=O) groups is 1. The molecule has 18 heavy (non-hydrogen) atoms. The van der Waals surface area contributed by atoms with Gasteiger partial charge in [-0.2, -0.15) is 0 Å². The van der Waals surface area contributed by atoms with Crippen molar-refractivity contribution in [3.8, 4) is 0 Å². The van der Waals surface area contributed by atoms with E-state index in [-0.39, 0.29) is 12.0 Å². The van der Waals surface area contributed by atoms with Crippen LogP contribution in [-0.2, 0) is 16.1 Å². The van der Waals surface area contributed by atoms with Crippen molar-refractivity contribution in [1.82, 2.24) is 10.3 Å². The van der Waals surface area contributed by atoms with Crippen LogP contribution in [0.3, 0.4) is 0 Å².